The Morgan fingerprint density at radius 1 is 1.35 bits per heavy atom. The SMILES string of the molecule is Cn1cncc1C(=O)Cc1ccc(O)c(O)c1. The first-order valence-corrected chi connectivity index (χ1v) is 5.08. The van der Waals surface area contributed by atoms with Crippen LogP contribution >= 0.6 is 0 Å². The molecular weight excluding hydrogens is 220 g/mol. The fraction of sp³-hybridized carbons (Fsp3) is 0.167. The molecule has 2 N–H and O–H groups in total. The third-order valence-corrected chi connectivity index (χ3v) is 2.51. The molecule has 0 spiro atoms. The standard InChI is InChI=1S/C12H12N2O3/c1-14-7-13-6-9(14)11(16)4-8-2-3-10(15)12(17)5-8/h2-3,5-7,15,17H,4H2,1H3. The number of carbonyl (C=O) groups excluding carboxylic acids is 1. The summed E-state index contributed by atoms with van der Waals surface area (Å²) < 4.78 is 1.64. The Bertz CT molecular complexity index is 561. The molecule has 0 atom stereocenters. The van der Waals surface area contributed by atoms with E-state index in [0.717, 1.165) is 0 Å². The molecule has 0 unspecified atom stereocenters. The summed E-state index contributed by atoms with van der Waals surface area (Å²) in [5.74, 6) is -0.503. The number of hydrogen-bond acceptors (Lipinski definition) is 4. The van der Waals surface area contributed by atoms with E-state index in [9.17, 15) is 9.90 Å². The van der Waals surface area contributed by atoms with Gasteiger partial charge in [-0.15, -0.1) is 0 Å². The number of benzene rings is 1. The number of ketones is 1. The molecule has 0 saturated heterocycles. The Balaban J connectivity index is 2.19. The van der Waals surface area contributed by atoms with Gasteiger partial charge < -0.3 is 14.8 Å². The third-order valence-electron chi connectivity index (χ3n) is 2.51. The van der Waals surface area contributed by atoms with Gasteiger partial charge in [-0.3, -0.25) is 4.79 Å². The zero-order valence-corrected chi connectivity index (χ0v) is 9.29. The molecule has 0 bridgehead atoms. The second-order valence-electron chi connectivity index (χ2n) is 3.81. The van der Waals surface area contributed by atoms with Gasteiger partial charge in [-0.2, -0.15) is 0 Å². The normalized spacial score (nSPS) is 10.4. The molecule has 5 nitrogen and oxygen atoms in total. The molecule has 2 rings (SSSR count). The van der Waals surface area contributed by atoms with Crippen LogP contribution in [0.4, 0.5) is 0 Å². The molecule has 17 heavy (non-hydrogen) atoms. The average Bonchev–Trinajstić information content (AvgIpc) is 2.70. The third kappa shape index (κ3) is 2.28. The minimum absolute atomic E-state index is 0.0879. The van der Waals surface area contributed by atoms with Crippen molar-refractivity contribution in [3.8, 4) is 11.5 Å². The predicted molar refractivity (Wildman–Crippen MR) is 61.0 cm³/mol. The lowest BCUT2D eigenvalue weighted by molar-refractivity contribution is 0.0985. The average molecular weight is 232 g/mol. The Morgan fingerprint density at radius 2 is 2.12 bits per heavy atom. The topological polar surface area (TPSA) is 75.4 Å². The molecule has 0 aliphatic carbocycles. The first-order valence-electron chi connectivity index (χ1n) is 5.08. The number of aromatic hydroxyl groups is 2. The fourth-order valence-corrected chi connectivity index (χ4v) is 1.58. The van der Waals surface area contributed by atoms with Crippen LogP contribution in [0.5, 0.6) is 11.5 Å². The number of phenolic OH excluding ortho intramolecular Hbond substituents is 2. The zero-order chi connectivity index (χ0) is 12.4. The van der Waals surface area contributed by atoms with Gasteiger partial charge >= 0.3 is 0 Å². The van der Waals surface area contributed by atoms with Crippen LogP contribution in [0.2, 0.25) is 0 Å². The summed E-state index contributed by atoms with van der Waals surface area (Å²) in [6, 6.07) is 4.34. The smallest absolute Gasteiger partial charge is 0.185 e. The van der Waals surface area contributed by atoms with Gasteiger partial charge in [0.1, 0.15) is 5.69 Å². The van der Waals surface area contributed by atoms with Gasteiger partial charge in [0.05, 0.1) is 12.5 Å². The number of carbonyl (C=O) groups is 1. The van der Waals surface area contributed by atoms with Gasteiger partial charge in [0, 0.05) is 13.5 Å². The van der Waals surface area contributed by atoms with Crippen LogP contribution < -0.4 is 0 Å². The highest BCUT2D eigenvalue weighted by molar-refractivity contribution is 5.95. The van der Waals surface area contributed by atoms with E-state index in [1.54, 1.807) is 24.0 Å². The summed E-state index contributed by atoms with van der Waals surface area (Å²) in [4.78, 5) is 15.8. The minimum atomic E-state index is -0.222. The zero-order valence-electron chi connectivity index (χ0n) is 9.29. The molecule has 0 radical (unpaired) electrons. The summed E-state index contributed by atoms with van der Waals surface area (Å²) in [6.45, 7) is 0. The lowest BCUT2D eigenvalue weighted by Gasteiger charge is -2.03. The van der Waals surface area contributed by atoms with E-state index in [0.29, 0.717) is 11.3 Å². The number of rotatable bonds is 3. The minimum Gasteiger partial charge on any atom is -0.504 e. The molecule has 0 amide bonds. The molecule has 0 aliphatic rings. The number of Topliss-reactive ketones (excluding diaryl/α,β-unsaturated/α-hetero) is 1. The summed E-state index contributed by atoms with van der Waals surface area (Å²) >= 11 is 0. The van der Waals surface area contributed by atoms with Crippen LogP contribution in [-0.4, -0.2) is 25.5 Å². The molecule has 1 aromatic heterocycles. The van der Waals surface area contributed by atoms with Crippen molar-refractivity contribution in [2.24, 2.45) is 7.05 Å². The number of hydrogen-bond donors (Lipinski definition) is 2. The lowest BCUT2D eigenvalue weighted by atomic mass is 10.1. The van der Waals surface area contributed by atoms with Crippen molar-refractivity contribution in [2.45, 2.75) is 6.42 Å². The fourth-order valence-electron chi connectivity index (χ4n) is 1.58. The van der Waals surface area contributed by atoms with E-state index in [1.165, 1.54) is 18.3 Å². The van der Waals surface area contributed by atoms with Gasteiger partial charge in [0.2, 0.25) is 0 Å². The highest BCUT2D eigenvalue weighted by Crippen LogP contribution is 2.25. The van der Waals surface area contributed by atoms with Crippen LogP contribution in [0.1, 0.15) is 16.1 Å². The van der Waals surface area contributed by atoms with Gasteiger partial charge in [0.25, 0.3) is 0 Å². The molecule has 2 aromatic rings. The van der Waals surface area contributed by atoms with Gasteiger partial charge in [-0.1, -0.05) is 6.07 Å². The maximum atomic E-state index is 11.9. The number of nitrogens with zero attached hydrogens (tertiary/aromatic N) is 2. The van der Waals surface area contributed by atoms with Crippen molar-refractivity contribution < 1.29 is 15.0 Å². The van der Waals surface area contributed by atoms with Crippen molar-refractivity contribution in [2.75, 3.05) is 0 Å². The highest BCUT2D eigenvalue weighted by Gasteiger charge is 2.11. The van der Waals surface area contributed by atoms with Crippen molar-refractivity contribution in [1.29, 1.82) is 0 Å². The largest absolute Gasteiger partial charge is 0.504 e. The first kappa shape index (κ1) is 11.2. The Morgan fingerprint density at radius 3 is 2.71 bits per heavy atom. The summed E-state index contributed by atoms with van der Waals surface area (Å²) in [5.41, 5.74) is 1.16. The Kier molecular flexibility index (Phi) is 2.82. The van der Waals surface area contributed by atoms with Crippen molar-refractivity contribution >= 4 is 5.78 Å². The summed E-state index contributed by atoms with van der Waals surface area (Å²) in [5, 5.41) is 18.5. The van der Waals surface area contributed by atoms with Crippen molar-refractivity contribution in [1.82, 2.24) is 9.55 Å². The highest BCUT2D eigenvalue weighted by atomic mass is 16.3. The second-order valence-corrected chi connectivity index (χ2v) is 3.81. The Hall–Kier alpha value is -2.30. The summed E-state index contributed by atoms with van der Waals surface area (Å²) in [7, 11) is 1.74. The number of phenols is 2. The maximum Gasteiger partial charge on any atom is 0.185 e. The van der Waals surface area contributed by atoms with Crippen LogP contribution in [0.25, 0.3) is 0 Å². The Labute approximate surface area is 98.0 Å². The monoisotopic (exact) mass is 232 g/mol. The molecule has 1 heterocycles. The number of aryl methyl sites for hydroxylation is 1. The van der Waals surface area contributed by atoms with Crippen LogP contribution in [0.15, 0.2) is 30.7 Å². The first-order chi connectivity index (χ1) is 8.08. The maximum absolute atomic E-state index is 11.9. The van der Waals surface area contributed by atoms with E-state index in [-0.39, 0.29) is 23.7 Å². The van der Waals surface area contributed by atoms with Crippen LogP contribution in [0.3, 0.4) is 0 Å². The molecule has 0 saturated carbocycles. The summed E-state index contributed by atoms with van der Waals surface area (Å²) in [6.07, 6.45) is 3.22. The van der Waals surface area contributed by atoms with Gasteiger partial charge in [-0.25, -0.2) is 4.98 Å². The van der Waals surface area contributed by atoms with Crippen LogP contribution in [-0.2, 0) is 13.5 Å². The number of imidazole rings is 1. The molecular formula is C12H12N2O3. The van der Waals surface area contributed by atoms with Crippen molar-refractivity contribution in [3.63, 3.8) is 0 Å². The second kappa shape index (κ2) is 4.29. The quantitative estimate of drug-likeness (QED) is 0.617. The van der Waals surface area contributed by atoms with E-state index < -0.39 is 0 Å². The van der Waals surface area contributed by atoms with E-state index in [2.05, 4.69) is 4.98 Å². The molecule has 0 fully saturated rings. The van der Waals surface area contributed by atoms with Gasteiger partial charge in [0.15, 0.2) is 17.3 Å². The molecule has 1 aromatic carbocycles. The molecule has 5 heteroatoms. The number of aromatic nitrogens is 2. The van der Waals surface area contributed by atoms with E-state index >= 15 is 0 Å². The van der Waals surface area contributed by atoms with Crippen molar-refractivity contribution in [3.05, 3.63) is 42.0 Å². The molecule has 0 aliphatic heterocycles. The van der Waals surface area contributed by atoms with Gasteiger partial charge in [-0.05, 0) is 17.7 Å². The van der Waals surface area contributed by atoms with E-state index in [4.69, 9.17) is 5.11 Å². The van der Waals surface area contributed by atoms with Crippen LogP contribution in [0, 0.1) is 0 Å². The van der Waals surface area contributed by atoms with E-state index in [1.807, 2.05) is 0 Å². The predicted octanol–water partition coefficient (Wildman–Crippen LogP) is 1.26. The lowest BCUT2D eigenvalue weighted by Crippen LogP contribution is -2.08. The molecule has 88 valence electrons.